The summed E-state index contributed by atoms with van der Waals surface area (Å²) in [5.74, 6) is -0.358. The average Bonchev–Trinajstić information content (AvgIpc) is 3.25. The highest BCUT2D eigenvalue weighted by Crippen LogP contribution is 2.28. The molecular weight excluding hydrogens is 332 g/mol. The lowest BCUT2D eigenvalue weighted by Crippen LogP contribution is -2.45. The summed E-state index contributed by atoms with van der Waals surface area (Å²) in [5, 5.41) is 6.68. The van der Waals surface area contributed by atoms with Crippen LogP contribution in [0.5, 0.6) is 0 Å². The van der Waals surface area contributed by atoms with E-state index in [2.05, 4.69) is 4.98 Å². The summed E-state index contributed by atoms with van der Waals surface area (Å²) in [5.41, 5.74) is 1.51. The zero-order valence-electron chi connectivity index (χ0n) is 12.9. The molecule has 0 radical (unpaired) electrons. The monoisotopic (exact) mass is 350 g/mol. The molecule has 0 N–H and O–H groups in total. The van der Waals surface area contributed by atoms with Crippen LogP contribution >= 0.6 is 22.7 Å². The Morgan fingerprint density at radius 3 is 3.00 bits per heavy atom. The molecule has 122 valence electrons. The zero-order valence-corrected chi connectivity index (χ0v) is 14.5. The molecule has 23 heavy (non-hydrogen) atoms. The number of methoxy groups -OCH3 is 1. The van der Waals surface area contributed by atoms with Crippen molar-refractivity contribution in [3.05, 3.63) is 27.9 Å². The maximum Gasteiger partial charge on any atom is 0.307 e. The second-order valence-corrected chi connectivity index (χ2v) is 7.12. The number of hydrogen-bond donors (Lipinski definition) is 0. The van der Waals surface area contributed by atoms with Gasteiger partial charge in [0.25, 0.3) is 5.91 Å². The van der Waals surface area contributed by atoms with E-state index in [-0.39, 0.29) is 24.3 Å². The summed E-state index contributed by atoms with van der Waals surface area (Å²) in [6, 6.07) is 1.91. The van der Waals surface area contributed by atoms with Gasteiger partial charge in [0.05, 0.1) is 13.5 Å². The summed E-state index contributed by atoms with van der Waals surface area (Å²) in [7, 11) is 1.38. The number of likely N-dealkylation sites (tertiary alicyclic amines) is 1. The van der Waals surface area contributed by atoms with Crippen molar-refractivity contribution >= 4 is 34.6 Å². The van der Waals surface area contributed by atoms with E-state index in [0.717, 1.165) is 29.8 Å². The van der Waals surface area contributed by atoms with Crippen LogP contribution in [0.4, 0.5) is 0 Å². The Balaban J connectivity index is 1.76. The fraction of sp³-hybridized carbons (Fsp3) is 0.438. The lowest BCUT2D eigenvalue weighted by molar-refractivity contribution is -0.142. The minimum absolute atomic E-state index is 0.0867. The van der Waals surface area contributed by atoms with Crippen LogP contribution in [-0.2, 0) is 9.53 Å². The third-order valence-electron chi connectivity index (χ3n) is 4.01. The van der Waals surface area contributed by atoms with E-state index in [1.165, 1.54) is 18.4 Å². The Kier molecular flexibility index (Phi) is 5.07. The molecule has 0 aromatic carbocycles. The van der Waals surface area contributed by atoms with Gasteiger partial charge in [0.15, 0.2) is 0 Å². The molecular formula is C16H18N2O3S2. The highest BCUT2D eigenvalue weighted by atomic mass is 32.1. The van der Waals surface area contributed by atoms with Crippen LogP contribution in [0.25, 0.3) is 10.6 Å². The van der Waals surface area contributed by atoms with E-state index < -0.39 is 0 Å². The van der Waals surface area contributed by atoms with Gasteiger partial charge in [-0.1, -0.05) is 0 Å². The zero-order chi connectivity index (χ0) is 16.2. The van der Waals surface area contributed by atoms with Gasteiger partial charge in [-0.15, -0.1) is 11.3 Å². The van der Waals surface area contributed by atoms with Crippen LogP contribution < -0.4 is 0 Å². The van der Waals surface area contributed by atoms with Crippen molar-refractivity contribution in [1.82, 2.24) is 9.88 Å². The Labute approximate surface area is 142 Å². The van der Waals surface area contributed by atoms with Crippen molar-refractivity contribution in [3.8, 4) is 10.6 Å². The standard InChI is InChI=1S/C16H18N2O3S2/c1-21-14(19)8-12-4-2-3-6-18(12)16(20)13-10-23-15(17-13)11-5-7-22-9-11/h5,7,9-10,12H,2-4,6,8H2,1H3/t12-/m0/s1. The molecule has 0 unspecified atom stereocenters. The van der Waals surface area contributed by atoms with Crippen LogP contribution in [0.15, 0.2) is 22.2 Å². The first-order chi connectivity index (χ1) is 11.2. The molecule has 1 saturated heterocycles. The van der Waals surface area contributed by atoms with Gasteiger partial charge in [-0.05, 0) is 30.7 Å². The number of aromatic nitrogens is 1. The number of carbonyl (C=O) groups excluding carboxylic acids is 2. The number of hydrogen-bond acceptors (Lipinski definition) is 6. The van der Waals surface area contributed by atoms with E-state index in [9.17, 15) is 9.59 Å². The molecule has 7 heteroatoms. The lowest BCUT2D eigenvalue weighted by atomic mass is 9.99. The number of thiophene rings is 1. The van der Waals surface area contributed by atoms with Gasteiger partial charge in [-0.3, -0.25) is 9.59 Å². The molecule has 0 spiro atoms. The average molecular weight is 350 g/mol. The Hall–Kier alpha value is -1.73. The smallest absolute Gasteiger partial charge is 0.307 e. The Bertz CT molecular complexity index is 681. The molecule has 0 bridgehead atoms. The van der Waals surface area contributed by atoms with Crippen molar-refractivity contribution in [1.29, 1.82) is 0 Å². The fourth-order valence-electron chi connectivity index (χ4n) is 2.79. The molecule has 5 nitrogen and oxygen atoms in total. The number of piperidine rings is 1. The van der Waals surface area contributed by atoms with Crippen LogP contribution in [0.2, 0.25) is 0 Å². The molecule has 1 aliphatic rings. The molecule has 1 aliphatic heterocycles. The number of amides is 1. The number of nitrogens with zero attached hydrogens (tertiary/aromatic N) is 2. The first-order valence-corrected chi connectivity index (χ1v) is 9.37. The highest BCUT2D eigenvalue weighted by molar-refractivity contribution is 7.14. The number of esters is 1. The van der Waals surface area contributed by atoms with E-state index in [0.29, 0.717) is 12.2 Å². The minimum atomic E-state index is -0.271. The lowest BCUT2D eigenvalue weighted by Gasteiger charge is -2.34. The first kappa shape index (κ1) is 16.1. The third-order valence-corrected chi connectivity index (χ3v) is 5.58. The summed E-state index contributed by atoms with van der Waals surface area (Å²) < 4.78 is 4.75. The summed E-state index contributed by atoms with van der Waals surface area (Å²) in [4.78, 5) is 30.6. The molecule has 0 saturated carbocycles. The molecule has 1 atom stereocenters. The maximum absolute atomic E-state index is 12.8. The summed E-state index contributed by atoms with van der Waals surface area (Å²) in [6.45, 7) is 0.672. The number of ether oxygens (including phenoxy) is 1. The van der Waals surface area contributed by atoms with Gasteiger partial charge < -0.3 is 9.64 Å². The second kappa shape index (κ2) is 7.23. The Morgan fingerprint density at radius 1 is 1.39 bits per heavy atom. The van der Waals surface area contributed by atoms with Crippen LogP contribution in [0.1, 0.15) is 36.2 Å². The van der Waals surface area contributed by atoms with E-state index >= 15 is 0 Å². The molecule has 3 heterocycles. The fourth-order valence-corrected chi connectivity index (χ4v) is 4.30. The second-order valence-electron chi connectivity index (χ2n) is 5.48. The molecule has 0 aliphatic carbocycles. The molecule has 3 rings (SSSR count). The number of thiazole rings is 1. The van der Waals surface area contributed by atoms with E-state index in [1.807, 2.05) is 16.8 Å². The van der Waals surface area contributed by atoms with Crippen LogP contribution in [0.3, 0.4) is 0 Å². The van der Waals surface area contributed by atoms with Gasteiger partial charge in [0, 0.05) is 28.9 Å². The quantitative estimate of drug-likeness (QED) is 0.793. The normalized spacial score (nSPS) is 18.0. The summed E-state index contributed by atoms with van der Waals surface area (Å²) in [6.07, 6.45) is 3.08. The minimum Gasteiger partial charge on any atom is -0.469 e. The van der Waals surface area contributed by atoms with Crippen molar-refractivity contribution < 1.29 is 14.3 Å². The number of carbonyl (C=O) groups is 2. The van der Waals surface area contributed by atoms with Gasteiger partial charge in [-0.25, -0.2) is 4.98 Å². The predicted octanol–water partition coefficient (Wildman–Crippen LogP) is 3.43. The molecule has 1 fully saturated rings. The largest absolute Gasteiger partial charge is 0.469 e. The molecule has 1 amide bonds. The van der Waals surface area contributed by atoms with Crippen molar-refractivity contribution in [3.63, 3.8) is 0 Å². The van der Waals surface area contributed by atoms with Crippen molar-refractivity contribution in [2.45, 2.75) is 31.7 Å². The van der Waals surface area contributed by atoms with Gasteiger partial charge >= 0.3 is 5.97 Å². The summed E-state index contributed by atoms with van der Waals surface area (Å²) >= 11 is 3.09. The highest BCUT2D eigenvalue weighted by Gasteiger charge is 2.30. The number of rotatable bonds is 4. The molecule has 2 aromatic heterocycles. The van der Waals surface area contributed by atoms with Crippen LogP contribution in [0, 0.1) is 0 Å². The SMILES string of the molecule is COC(=O)C[C@@H]1CCCCN1C(=O)c1csc(-c2ccsc2)n1. The predicted molar refractivity (Wildman–Crippen MR) is 90.7 cm³/mol. The Morgan fingerprint density at radius 2 is 2.26 bits per heavy atom. The van der Waals surface area contributed by atoms with Gasteiger partial charge in [0.1, 0.15) is 10.7 Å². The van der Waals surface area contributed by atoms with E-state index in [4.69, 9.17) is 4.74 Å². The van der Waals surface area contributed by atoms with Gasteiger partial charge in [0.2, 0.25) is 0 Å². The molecule has 2 aromatic rings. The van der Waals surface area contributed by atoms with Gasteiger partial charge in [-0.2, -0.15) is 11.3 Å². The van der Waals surface area contributed by atoms with E-state index in [1.54, 1.807) is 21.6 Å². The van der Waals surface area contributed by atoms with Crippen molar-refractivity contribution in [2.75, 3.05) is 13.7 Å². The third kappa shape index (κ3) is 3.61. The first-order valence-electron chi connectivity index (χ1n) is 7.55. The van der Waals surface area contributed by atoms with Crippen molar-refractivity contribution in [2.24, 2.45) is 0 Å². The maximum atomic E-state index is 12.8. The van der Waals surface area contributed by atoms with Crippen LogP contribution in [-0.4, -0.2) is 41.5 Å². The topological polar surface area (TPSA) is 59.5 Å².